The zero-order valence-electron chi connectivity index (χ0n) is 19.6. The molecule has 0 aliphatic carbocycles. The number of nitrogens with zero attached hydrogens (tertiary/aromatic N) is 2. The number of anilines is 1. The molecule has 0 saturated carbocycles. The first kappa shape index (κ1) is 23.9. The second-order valence-corrected chi connectivity index (χ2v) is 9.34. The van der Waals surface area contributed by atoms with Crippen molar-refractivity contribution in [3.63, 3.8) is 0 Å². The van der Waals surface area contributed by atoms with E-state index in [9.17, 15) is 14.0 Å². The van der Waals surface area contributed by atoms with Gasteiger partial charge in [-0.25, -0.2) is 8.78 Å². The van der Waals surface area contributed by atoms with Gasteiger partial charge in [-0.1, -0.05) is 48.2 Å². The van der Waals surface area contributed by atoms with Crippen molar-refractivity contribution in [2.24, 2.45) is 7.05 Å². The number of amides is 2. The molecule has 9 heteroatoms. The minimum atomic E-state index is -1.22. The van der Waals surface area contributed by atoms with Gasteiger partial charge in [0.1, 0.15) is 23.4 Å². The Hall–Kier alpha value is -3.85. The SMILES string of the molecule is COc1ccccc1CNC(=O)C1c2c(n(C)c3ccccc23)SCC(=O)N1c1cc(F)ccc1F. The summed E-state index contributed by atoms with van der Waals surface area (Å²) in [6.07, 6.45) is 0. The van der Waals surface area contributed by atoms with Crippen LogP contribution in [-0.2, 0) is 23.2 Å². The van der Waals surface area contributed by atoms with Gasteiger partial charge in [0, 0.05) is 41.7 Å². The lowest BCUT2D eigenvalue weighted by Gasteiger charge is -2.30. The molecule has 6 nitrogen and oxygen atoms in total. The Kier molecular flexibility index (Phi) is 6.40. The number of halogens is 2. The normalized spacial score (nSPS) is 15.5. The van der Waals surface area contributed by atoms with Gasteiger partial charge >= 0.3 is 0 Å². The molecule has 1 atom stereocenters. The van der Waals surface area contributed by atoms with Gasteiger partial charge in [0.05, 0.1) is 23.6 Å². The minimum absolute atomic E-state index is 0.0383. The molecular weight excluding hydrogens is 484 g/mol. The number of carbonyl (C=O) groups excluding carboxylic acids is 2. The predicted molar refractivity (Wildman–Crippen MR) is 135 cm³/mol. The van der Waals surface area contributed by atoms with Crippen molar-refractivity contribution < 1.29 is 23.1 Å². The van der Waals surface area contributed by atoms with E-state index in [0.717, 1.165) is 44.6 Å². The second-order valence-electron chi connectivity index (χ2n) is 8.38. The summed E-state index contributed by atoms with van der Waals surface area (Å²) >= 11 is 1.28. The van der Waals surface area contributed by atoms with Gasteiger partial charge in [-0.05, 0) is 24.3 Å². The summed E-state index contributed by atoms with van der Waals surface area (Å²) in [4.78, 5) is 28.4. The number of aromatic nitrogens is 1. The monoisotopic (exact) mass is 507 g/mol. The summed E-state index contributed by atoms with van der Waals surface area (Å²) in [5.74, 6) is -1.95. The highest BCUT2D eigenvalue weighted by molar-refractivity contribution is 8.00. The highest BCUT2D eigenvalue weighted by Gasteiger charge is 2.40. The molecule has 184 valence electrons. The van der Waals surface area contributed by atoms with Crippen LogP contribution in [0.15, 0.2) is 71.8 Å². The fraction of sp³-hybridized carbons (Fsp3) is 0.185. The van der Waals surface area contributed by atoms with E-state index in [1.807, 2.05) is 54.1 Å². The first-order chi connectivity index (χ1) is 17.4. The van der Waals surface area contributed by atoms with E-state index in [0.29, 0.717) is 11.3 Å². The molecule has 1 unspecified atom stereocenters. The first-order valence-corrected chi connectivity index (χ1v) is 12.3. The smallest absolute Gasteiger partial charge is 0.248 e. The third-order valence-corrected chi connectivity index (χ3v) is 7.44. The largest absolute Gasteiger partial charge is 0.496 e. The fourth-order valence-electron chi connectivity index (χ4n) is 4.63. The number of methoxy groups -OCH3 is 1. The number of aryl methyl sites for hydroxylation is 1. The highest BCUT2D eigenvalue weighted by Crippen LogP contribution is 2.44. The first-order valence-electron chi connectivity index (χ1n) is 11.3. The molecule has 4 aromatic rings. The third kappa shape index (κ3) is 4.09. The van der Waals surface area contributed by atoms with Gasteiger partial charge in [-0.15, -0.1) is 0 Å². The number of carbonyl (C=O) groups is 2. The lowest BCUT2D eigenvalue weighted by molar-refractivity contribution is -0.126. The molecule has 3 aromatic carbocycles. The minimum Gasteiger partial charge on any atom is -0.496 e. The molecule has 0 radical (unpaired) electrons. The van der Waals surface area contributed by atoms with Crippen LogP contribution in [-0.4, -0.2) is 29.2 Å². The van der Waals surface area contributed by atoms with E-state index < -0.39 is 29.5 Å². The molecule has 1 aromatic heterocycles. The predicted octanol–water partition coefficient (Wildman–Crippen LogP) is 4.96. The van der Waals surface area contributed by atoms with Crippen LogP contribution in [0.1, 0.15) is 17.2 Å². The molecule has 0 bridgehead atoms. The summed E-state index contributed by atoms with van der Waals surface area (Å²) in [6, 6.07) is 16.4. The number of rotatable bonds is 5. The van der Waals surface area contributed by atoms with Crippen LogP contribution in [0.4, 0.5) is 14.5 Å². The van der Waals surface area contributed by atoms with Crippen molar-refractivity contribution in [3.8, 4) is 5.75 Å². The van der Waals surface area contributed by atoms with Crippen molar-refractivity contribution >= 4 is 40.2 Å². The van der Waals surface area contributed by atoms with E-state index in [-0.39, 0.29) is 18.0 Å². The Bertz CT molecular complexity index is 1490. The molecular formula is C27H23F2N3O3S. The average molecular weight is 508 g/mol. The van der Waals surface area contributed by atoms with E-state index in [1.54, 1.807) is 13.2 Å². The maximum Gasteiger partial charge on any atom is 0.248 e. The summed E-state index contributed by atoms with van der Waals surface area (Å²) in [6.45, 7) is 0.125. The van der Waals surface area contributed by atoms with Gasteiger partial charge in [-0.3, -0.25) is 14.5 Å². The molecule has 0 saturated heterocycles. The number of ether oxygens (including phenoxy) is 1. The maximum absolute atomic E-state index is 15.0. The van der Waals surface area contributed by atoms with E-state index in [4.69, 9.17) is 4.74 Å². The van der Waals surface area contributed by atoms with E-state index in [2.05, 4.69) is 5.32 Å². The molecule has 1 aliphatic rings. The maximum atomic E-state index is 15.0. The van der Waals surface area contributed by atoms with Crippen LogP contribution in [0.5, 0.6) is 5.75 Å². The number of thioether (sulfide) groups is 1. The molecule has 5 rings (SSSR count). The van der Waals surface area contributed by atoms with Gasteiger partial charge in [-0.2, -0.15) is 0 Å². The molecule has 0 spiro atoms. The van der Waals surface area contributed by atoms with Gasteiger partial charge < -0.3 is 14.6 Å². The molecule has 36 heavy (non-hydrogen) atoms. The Labute approximate surface area is 210 Å². The van der Waals surface area contributed by atoms with Gasteiger partial charge in [0.2, 0.25) is 11.8 Å². The zero-order valence-corrected chi connectivity index (χ0v) is 20.4. The van der Waals surface area contributed by atoms with Crippen LogP contribution >= 0.6 is 11.8 Å². The summed E-state index contributed by atoms with van der Waals surface area (Å²) < 4.78 is 36.6. The molecule has 1 N–H and O–H groups in total. The molecule has 0 fully saturated rings. The van der Waals surface area contributed by atoms with Crippen LogP contribution < -0.4 is 15.0 Å². The highest BCUT2D eigenvalue weighted by atomic mass is 32.2. The van der Waals surface area contributed by atoms with Crippen molar-refractivity contribution in [2.75, 3.05) is 17.8 Å². The van der Waals surface area contributed by atoms with Crippen LogP contribution in [0.3, 0.4) is 0 Å². The fourth-order valence-corrected chi connectivity index (χ4v) is 5.70. The summed E-state index contributed by atoms with van der Waals surface area (Å²) in [5.41, 5.74) is 1.90. The topological polar surface area (TPSA) is 63.6 Å². The van der Waals surface area contributed by atoms with E-state index >= 15 is 4.39 Å². The van der Waals surface area contributed by atoms with Crippen molar-refractivity contribution in [2.45, 2.75) is 17.6 Å². The number of fused-ring (bicyclic) bond motifs is 3. The van der Waals surface area contributed by atoms with Crippen molar-refractivity contribution in [3.05, 3.63) is 89.5 Å². The average Bonchev–Trinajstić information content (AvgIpc) is 3.06. The van der Waals surface area contributed by atoms with Crippen molar-refractivity contribution in [1.82, 2.24) is 9.88 Å². The Morgan fingerprint density at radius 1 is 1.11 bits per heavy atom. The van der Waals surface area contributed by atoms with E-state index in [1.165, 1.54) is 11.8 Å². The lowest BCUT2D eigenvalue weighted by atomic mass is 10.0. The standard InChI is InChI=1S/C27H23F2N3O3S/c1-31-20-9-5-4-8-18(20)24-25(26(34)30-14-16-7-3-6-10-22(16)35-2)32(23(33)15-36-27(24)31)21-13-17(28)11-12-19(21)29/h3-13,25H,14-15H2,1-2H3,(H,30,34). The molecule has 1 aliphatic heterocycles. The third-order valence-electron chi connectivity index (χ3n) is 6.28. The Morgan fingerprint density at radius 2 is 1.86 bits per heavy atom. The number of nitrogens with one attached hydrogen (secondary N) is 1. The molecule has 2 amide bonds. The quantitative estimate of drug-likeness (QED) is 0.415. The number of hydrogen-bond acceptors (Lipinski definition) is 4. The number of benzene rings is 3. The lowest BCUT2D eigenvalue weighted by Crippen LogP contribution is -2.44. The summed E-state index contributed by atoms with van der Waals surface area (Å²) in [5, 5.41) is 4.38. The molecule has 2 heterocycles. The van der Waals surface area contributed by atoms with Gasteiger partial charge in [0.15, 0.2) is 0 Å². The Morgan fingerprint density at radius 3 is 2.67 bits per heavy atom. The second kappa shape index (κ2) is 9.66. The van der Waals surface area contributed by atoms with Crippen LogP contribution in [0, 0.1) is 11.6 Å². The van der Waals surface area contributed by atoms with Crippen LogP contribution in [0.2, 0.25) is 0 Å². The zero-order chi connectivity index (χ0) is 25.4. The number of para-hydroxylation sites is 2. The Balaban J connectivity index is 1.66. The van der Waals surface area contributed by atoms with Crippen LogP contribution in [0.25, 0.3) is 10.9 Å². The number of hydrogen-bond donors (Lipinski definition) is 1. The van der Waals surface area contributed by atoms with Gasteiger partial charge in [0.25, 0.3) is 0 Å². The van der Waals surface area contributed by atoms with Crippen molar-refractivity contribution in [1.29, 1.82) is 0 Å². The summed E-state index contributed by atoms with van der Waals surface area (Å²) in [7, 11) is 3.40.